The zero-order chi connectivity index (χ0) is 29.6. The van der Waals surface area contributed by atoms with Crippen LogP contribution in [0.25, 0.3) is 11.3 Å². The first-order valence-electron chi connectivity index (χ1n) is 12.6. The Morgan fingerprint density at radius 3 is 2.55 bits per heavy atom. The second-order valence-electron chi connectivity index (χ2n) is 12.0. The van der Waals surface area contributed by atoms with Crippen LogP contribution < -0.4 is 10.2 Å². The highest BCUT2D eigenvalue weighted by Gasteiger charge is 2.37. The number of hydrogen-bond donors (Lipinski definition) is 2. The number of imidazole rings is 1. The Morgan fingerprint density at radius 2 is 1.95 bits per heavy atom. The van der Waals surface area contributed by atoms with Crippen LogP contribution in [0.1, 0.15) is 39.6 Å². The Balaban J connectivity index is 1.67. The Kier molecular flexibility index (Phi) is 7.80. The molecular weight excluding hydrogens is 569 g/mol. The first kappa shape index (κ1) is 29.9. The van der Waals surface area contributed by atoms with Gasteiger partial charge in [-0.25, -0.2) is 4.98 Å². The van der Waals surface area contributed by atoms with E-state index >= 15 is 0 Å². The fourth-order valence-corrected chi connectivity index (χ4v) is 5.44. The molecule has 4 rings (SSSR count). The molecule has 0 saturated heterocycles. The van der Waals surface area contributed by atoms with Crippen LogP contribution in [0.5, 0.6) is 0 Å². The lowest BCUT2D eigenvalue weighted by Crippen LogP contribution is -2.42. The smallest absolute Gasteiger partial charge is 0.360 e. The van der Waals surface area contributed by atoms with Crippen molar-refractivity contribution in [1.29, 1.82) is 0 Å². The molecule has 2 amide bonds. The summed E-state index contributed by atoms with van der Waals surface area (Å²) in [7, 11) is -0.274. The number of nitrogens with one attached hydrogen (secondary N) is 1. The van der Waals surface area contributed by atoms with E-state index in [2.05, 4.69) is 40.4 Å². The summed E-state index contributed by atoms with van der Waals surface area (Å²) >= 11 is 5.94. The number of aromatic nitrogens is 4. The molecule has 220 valence electrons. The van der Waals surface area contributed by atoms with Crippen LogP contribution in [0.2, 0.25) is 5.02 Å². The molecule has 1 aliphatic heterocycles. The number of anilines is 1. The van der Waals surface area contributed by atoms with Crippen molar-refractivity contribution >= 4 is 38.3 Å². The molecule has 1 unspecified atom stereocenters. The lowest BCUT2D eigenvalue weighted by molar-refractivity contribution is -0.137. The van der Waals surface area contributed by atoms with Crippen molar-refractivity contribution in [3.8, 4) is 11.3 Å². The van der Waals surface area contributed by atoms with Gasteiger partial charge in [0.2, 0.25) is 5.82 Å². The number of amides is 2. The molecule has 40 heavy (non-hydrogen) atoms. The van der Waals surface area contributed by atoms with E-state index in [9.17, 15) is 22.8 Å². The van der Waals surface area contributed by atoms with Crippen LogP contribution in [0.3, 0.4) is 0 Å². The Hall–Kier alpha value is -3.03. The molecule has 0 fully saturated rings. The first-order valence-corrected chi connectivity index (χ1v) is 17.2. The van der Waals surface area contributed by atoms with Crippen molar-refractivity contribution in [1.82, 2.24) is 24.6 Å². The van der Waals surface area contributed by atoms with Gasteiger partial charge in [-0.15, -0.1) is 0 Å². The number of halogens is 4. The predicted octanol–water partition coefficient (Wildman–Crippen LogP) is 4.57. The van der Waals surface area contributed by atoms with Gasteiger partial charge in [-0.1, -0.05) is 11.6 Å². The van der Waals surface area contributed by atoms with E-state index in [4.69, 9.17) is 16.3 Å². The summed E-state index contributed by atoms with van der Waals surface area (Å²) in [4.78, 5) is 32.2. The molecular formula is C26H34ClF3N6O3S. The number of hydrogen-bond acceptors (Lipinski definition) is 5. The molecule has 0 radical (unpaired) electrons. The Labute approximate surface area is 235 Å². The number of thiol groups is 1. The van der Waals surface area contributed by atoms with Crippen LogP contribution >= 0.6 is 20.8 Å². The van der Waals surface area contributed by atoms with Crippen LogP contribution in [0, 0.1) is 0 Å². The van der Waals surface area contributed by atoms with E-state index in [1.165, 1.54) is 24.2 Å². The van der Waals surface area contributed by atoms with Crippen molar-refractivity contribution in [3.05, 3.63) is 52.7 Å². The molecule has 14 heteroatoms. The number of carbonyl (C=O) groups excluding carboxylic acids is 2. The maximum Gasteiger partial charge on any atom is 0.417 e. The quantitative estimate of drug-likeness (QED) is 0.291. The Bertz CT molecular complexity index is 1450. The Morgan fingerprint density at radius 1 is 1.25 bits per heavy atom. The monoisotopic (exact) mass is 602 g/mol. The number of fused-ring (bicyclic) bond motifs is 1. The topological polar surface area (TPSA) is 94.3 Å². The van der Waals surface area contributed by atoms with Crippen LogP contribution in [0.4, 0.5) is 18.9 Å². The summed E-state index contributed by atoms with van der Waals surface area (Å²) < 4.78 is 48.7. The van der Waals surface area contributed by atoms with E-state index in [0.29, 0.717) is 17.9 Å². The third-order valence-electron chi connectivity index (χ3n) is 6.52. The summed E-state index contributed by atoms with van der Waals surface area (Å²) in [6.07, 6.45) is 7.53. The predicted molar refractivity (Wildman–Crippen MR) is 153 cm³/mol. The molecule has 0 bridgehead atoms. The van der Waals surface area contributed by atoms with Crippen molar-refractivity contribution in [2.45, 2.75) is 25.9 Å². The molecule has 1 aromatic carbocycles. The number of alkyl halides is 3. The highest BCUT2D eigenvalue weighted by molar-refractivity contribution is 8.47. The van der Waals surface area contributed by atoms with Crippen molar-refractivity contribution < 1.29 is 27.5 Å². The van der Waals surface area contributed by atoms with Crippen molar-refractivity contribution in [2.24, 2.45) is 0 Å². The second kappa shape index (κ2) is 10.4. The van der Waals surface area contributed by atoms with Gasteiger partial charge in [-0.05, 0) is 55.9 Å². The summed E-state index contributed by atoms with van der Waals surface area (Å²) in [5.74, 6) is 0.124. The van der Waals surface area contributed by atoms with Gasteiger partial charge in [0.05, 0.1) is 40.7 Å². The normalized spacial score (nSPS) is 16.9. The lowest BCUT2D eigenvalue weighted by atomic mass is 10.1. The van der Waals surface area contributed by atoms with E-state index in [-0.39, 0.29) is 36.5 Å². The summed E-state index contributed by atoms with van der Waals surface area (Å²) in [6.45, 7) is 2.62. The van der Waals surface area contributed by atoms with Crippen LogP contribution in [0.15, 0.2) is 30.6 Å². The molecule has 0 aliphatic carbocycles. The largest absolute Gasteiger partial charge is 0.417 e. The number of ether oxygens (including phenoxy) is 1. The van der Waals surface area contributed by atoms with Gasteiger partial charge in [0, 0.05) is 25.5 Å². The molecule has 0 saturated carbocycles. The minimum atomic E-state index is -4.61. The number of rotatable bonds is 8. The van der Waals surface area contributed by atoms with E-state index < -0.39 is 37.7 Å². The van der Waals surface area contributed by atoms with E-state index in [1.807, 2.05) is 6.92 Å². The molecule has 1 N–H and O–H groups in total. The summed E-state index contributed by atoms with van der Waals surface area (Å²) in [6, 6.07) is 2.93. The lowest BCUT2D eigenvalue weighted by Gasteiger charge is -2.46. The van der Waals surface area contributed by atoms with Gasteiger partial charge in [-0.3, -0.25) is 23.4 Å². The van der Waals surface area contributed by atoms with E-state index in [0.717, 1.165) is 17.9 Å². The minimum Gasteiger partial charge on any atom is -0.360 e. The third kappa shape index (κ3) is 6.31. The fraction of sp³-hybridized carbons (Fsp3) is 0.462. The molecule has 1 aliphatic rings. The summed E-state index contributed by atoms with van der Waals surface area (Å²) in [5.41, 5.74) is 0.184. The summed E-state index contributed by atoms with van der Waals surface area (Å²) in [5, 5.41) is 6.46. The van der Waals surface area contributed by atoms with Gasteiger partial charge >= 0.3 is 6.18 Å². The fourth-order valence-electron chi connectivity index (χ4n) is 4.30. The first-order chi connectivity index (χ1) is 18.5. The number of carbonyl (C=O) groups is 2. The maximum absolute atomic E-state index is 13.7. The highest BCUT2D eigenvalue weighted by atomic mass is 35.5. The molecule has 1 atom stereocenters. The molecule has 0 spiro atoms. The average Bonchev–Trinajstić information content (AvgIpc) is 3.47. The third-order valence-corrected chi connectivity index (χ3v) is 8.80. The standard InChI is InChI=1S/C26H34ClF3N6O3S/c1-16-13-35(17-7-8-19(20(27)11-17)26(28,29)30)25(38)22-18(12-32-36(16)22)21-14-34(23(33-21)24(37)31-2)15-39-9-10-40(3,4,5)6/h7-8,11-12,14,16,40H,9-10,13,15H2,1-6H3,(H,31,37). The maximum atomic E-state index is 13.7. The van der Waals surface area contributed by atoms with Crippen molar-refractivity contribution in [2.75, 3.05) is 55.9 Å². The SMILES string of the molecule is CNC(=O)c1nc(-c2cnn3c2C(=O)N(c2ccc(C(F)(F)F)c(Cl)c2)CC3C)cn1COCC[SH](C)(C)(C)C. The van der Waals surface area contributed by atoms with Gasteiger partial charge in [0.1, 0.15) is 12.4 Å². The van der Waals surface area contributed by atoms with Gasteiger partial charge < -0.3 is 19.5 Å². The highest BCUT2D eigenvalue weighted by Crippen LogP contribution is 2.54. The molecule has 3 heterocycles. The number of nitrogens with zero attached hydrogens (tertiary/aromatic N) is 5. The molecule has 3 aromatic rings. The minimum absolute atomic E-state index is 0.0895. The average molecular weight is 603 g/mol. The zero-order valence-corrected chi connectivity index (χ0v) is 24.9. The molecule has 9 nitrogen and oxygen atoms in total. The van der Waals surface area contributed by atoms with Crippen LogP contribution in [-0.2, 0) is 17.6 Å². The van der Waals surface area contributed by atoms with Gasteiger partial charge in [0.15, 0.2) is 0 Å². The van der Waals surface area contributed by atoms with E-state index in [1.54, 1.807) is 15.4 Å². The van der Waals surface area contributed by atoms with Gasteiger partial charge in [0.25, 0.3) is 11.8 Å². The number of benzene rings is 1. The van der Waals surface area contributed by atoms with Gasteiger partial charge in [-0.2, -0.15) is 18.3 Å². The molecule has 2 aromatic heterocycles. The van der Waals surface area contributed by atoms with Crippen LogP contribution in [-0.4, -0.2) is 82.1 Å². The zero-order valence-electron chi connectivity index (χ0n) is 23.2. The van der Waals surface area contributed by atoms with Crippen molar-refractivity contribution in [3.63, 3.8) is 0 Å². The second-order valence-corrected chi connectivity index (χ2v) is 20.7.